The molecule has 0 heterocycles. The van der Waals surface area contributed by atoms with Crippen LogP contribution >= 0.6 is 0 Å². The van der Waals surface area contributed by atoms with E-state index in [-0.39, 0.29) is 0 Å². The number of ether oxygens (including phenoxy) is 1. The van der Waals surface area contributed by atoms with E-state index in [1.54, 1.807) is 0 Å². The Morgan fingerprint density at radius 1 is 1.56 bits per heavy atom. The molecule has 2 rings (SSSR count). The summed E-state index contributed by atoms with van der Waals surface area (Å²) < 4.78 is 5.42. The maximum Gasteiger partial charge on any atom is 0.320 e. The van der Waals surface area contributed by atoms with Gasteiger partial charge in [-0.2, -0.15) is 0 Å². The quantitative estimate of drug-likeness (QED) is 0.776. The topological polar surface area (TPSA) is 58.6 Å². The molecule has 18 heavy (non-hydrogen) atoms. The highest BCUT2D eigenvalue weighted by molar-refractivity contribution is 5.74. The lowest BCUT2D eigenvalue weighted by atomic mass is 10.1. The molecule has 1 fully saturated rings. The Balaban J connectivity index is 1.92. The number of nitrogens with one attached hydrogen (secondary N) is 1. The Bertz CT molecular complexity index is 415. The van der Waals surface area contributed by atoms with Crippen molar-refractivity contribution in [3.8, 4) is 5.75 Å². The van der Waals surface area contributed by atoms with E-state index in [1.165, 1.54) is 0 Å². The second-order valence-corrected chi connectivity index (χ2v) is 4.61. The molecule has 1 unspecified atom stereocenters. The van der Waals surface area contributed by atoms with Crippen LogP contribution in [0.15, 0.2) is 24.3 Å². The standard InChI is InChI=1S/C14H19NO3/c1-2-18-12-5-3-4-10(8-12)9-15-13(14(16)17)11-6-7-11/h3-5,8,11,13,15H,2,6-7,9H2,1H3,(H,16,17). The number of rotatable bonds is 7. The van der Waals surface area contributed by atoms with Crippen LogP contribution in [0.3, 0.4) is 0 Å². The van der Waals surface area contributed by atoms with Crippen LogP contribution in [0.1, 0.15) is 25.3 Å². The largest absolute Gasteiger partial charge is 0.494 e. The molecule has 0 aromatic heterocycles. The fourth-order valence-electron chi connectivity index (χ4n) is 2.02. The summed E-state index contributed by atoms with van der Waals surface area (Å²) in [6, 6.07) is 7.34. The first-order valence-electron chi connectivity index (χ1n) is 6.38. The number of carboxylic acid groups (broad SMARTS) is 1. The predicted octanol–water partition coefficient (Wildman–Crippen LogP) is 2.04. The zero-order valence-corrected chi connectivity index (χ0v) is 10.6. The molecule has 0 bridgehead atoms. The molecule has 0 spiro atoms. The first-order valence-corrected chi connectivity index (χ1v) is 6.38. The molecule has 1 aliphatic rings. The highest BCUT2D eigenvalue weighted by atomic mass is 16.5. The van der Waals surface area contributed by atoms with Crippen LogP contribution < -0.4 is 10.1 Å². The van der Waals surface area contributed by atoms with Crippen LogP contribution in [0, 0.1) is 5.92 Å². The number of benzene rings is 1. The minimum atomic E-state index is -0.751. The van der Waals surface area contributed by atoms with Crippen molar-refractivity contribution < 1.29 is 14.6 Å². The molecule has 0 amide bonds. The van der Waals surface area contributed by atoms with Gasteiger partial charge >= 0.3 is 5.97 Å². The van der Waals surface area contributed by atoms with Gasteiger partial charge in [0.1, 0.15) is 11.8 Å². The van der Waals surface area contributed by atoms with Crippen molar-refractivity contribution in [2.45, 2.75) is 32.4 Å². The van der Waals surface area contributed by atoms with E-state index >= 15 is 0 Å². The van der Waals surface area contributed by atoms with Gasteiger partial charge in [0.05, 0.1) is 6.61 Å². The van der Waals surface area contributed by atoms with Crippen LogP contribution in [-0.2, 0) is 11.3 Å². The number of carbonyl (C=O) groups is 1. The van der Waals surface area contributed by atoms with Crippen molar-refractivity contribution in [2.75, 3.05) is 6.61 Å². The van der Waals surface area contributed by atoms with E-state index < -0.39 is 12.0 Å². The molecule has 2 N–H and O–H groups in total. The van der Waals surface area contributed by atoms with E-state index in [2.05, 4.69) is 5.32 Å². The van der Waals surface area contributed by atoms with Crippen molar-refractivity contribution in [1.29, 1.82) is 0 Å². The summed E-state index contributed by atoms with van der Waals surface area (Å²) in [6.07, 6.45) is 2.03. The van der Waals surface area contributed by atoms with Gasteiger partial charge in [0.15, 0.2) is 0 Å². The van der Waals surface area contributed by atoms with Crippen LogP contribution in [0.5, 0.6) is 5.75 Å². The average molecular weight is 249 g/mol. The Kier molecular flexibility index (Phi) is 4.20. The fourth-order valence-corrected chi connectivity index (χ4v) is 2.02. The van der Waals surface area contributed by atoms with Gasteiger partial charge in [-0.1, -0.05) is 12.1 Å². The summed E-state index contributed by atoms with van der Waals surface area (Å²) in [4.78, 5) is 11.1. The maximum atomic E-state index is 11.1. The Morgan fingerprint density at radius 3 is 2.94 bits per heavy atom. The molecular formula is C14H19NO3. The lowest BCUT2D eigenvalue weighted by Gasteiger charge is -2.14. The van der Waals surface area contributed by atoms with E-state index in [0.29, 0.717) is 19.1 Å². The number of hydrogen-bond donors (Lipinski definition) is 2. The SMILES string of the molecule is CCOc1cccc(CNC(C(=O)O)C2CC2)c1. The van der Waals surface area contributed by atoms with Gasteiger partial charge < -0.3 is 15.2 Å². The third kappa shape index (κ3) is 3.47. The molecule has 0 aliphatic heterocycles. The second-order valence-electron chi connectivity index (χ2n) is 4.61. The minimum absolute atomic E-state index is 0.303. The molecule has 4 nitrogen and oxygen atoms in total. The summed E-state index contributed by atoms with van der Waals surface area (Å²) in [7, 11) is 0. The van der Waals surface area contributed by atoms with Gasteiger partial charge in [0.2, 0.25) is 0 Å². The van der Waals surface area contributed by atoms with Crippen LogP contribution in [-0.4, -0.2) is 23.7 Å². The lowest BCUT2D eigenvalue weighted by Crippen LogP contribution is -2.38. The van der Waals surface area contributed by atoms with Crippen molar-refractivity contribution in [2.24, 2.45) is 5.92 Å². The van der Waals surface area contributed by atoms with E-state index in [1.807, 2.05) is 31.2 Å². The van der Waals surface area contributed by atoms with Crippen LogP contribution in [0.4, 0.5) is 0 Å². The average Bonchev–Trinajstić information content (AvgIpc) is 3.14. The molecule has 98 valence electrons. The molecule has 0 radical (unpaired) electrons. The van der Waals surface area contributed by atoms with Gasteiger partial charge in [0.25, 0.3) is 0 Å². The first kappa shape index (κ1) is 12.9. The monoisotopic (exact) mass is 249 g/mol. The summed E-state index contributed by atoms with van der Waals surface area (Å²) >= 11 is 0. The zero-order chi connectivity index (χ0) is 13.0. The van der Waals surface area contributed by atoms with Crippen molar-refractivity contribution in [1.82, 2.24) is 5.32 Å². The number of carboxylic acids is 1. The first-order chi connectivity index (χ1) is 8.70. The Morgan fingerprint density at radius 2 is 2.33 bits per heavy atom. The lowest BCUT2D eigenvalue weighted by molar-refractivity contribution is -0.140. The molecule has 4 heteroatoms. The summed E-state index contributed by atoms with van der Waals surface area (Å²) in [5.74, 6) is 0.381. The minimum Gasteiger partial charge on any atom is -0.494 e. The van der Waals surface area contributed by atoms with Gasteiger partial charge in [-0.15, -0.1) is 0 Å². The van der Waals surface area contributed by atoms with Gasteiger partial charge in [-0.3, -0.25) is 4.79 Å². The van der Waals surface area contributed by atoms with Crippen LogP contribution in [0.2, 0.25) is 0 Å². The van der Waals surface area contributed by atoms with Gasteiger partial charge in [-0.05, 0) is 43.4 Å². The van der Waals surface area contributed by atoms with Gasteiger partial charge in [0, 0.05) is 6.54 Å². The van der Waals surface area contributed by atoms with Crippen molar-refractivity contribution in [3.63, 3.8) is 0 Å². The molecule has 0 saturated heterocycles. The highest BCUT2D eigenvalue weighted by Crippen LogP contribution is 2.32. The summed E-state index contributed by atoms with van der Waals surface area (Å²) in [5.41, 5.74) is 1.05. The molecule has 1 aromatic carbocycles. The molecule has 1 aliphatic carbocycles. The van der Waals surface area contributed by atoms with E-state index in [0.717, 1.165) is 24.2 Å². The molecular weight excluding hydrogens is 230 g/mol. The Hall–Kier alpha value is -1.55. The third-order valence-electron chi connectivity index (χ3n) is 3.10. The van der Waals surface area contributed by atoms with Crippen LogP contribution in [0.25, 0.3) is 0 Å². The fraction of sp³-hybridized carbons (Fsp3) is 0.500. The Labute approximate surface area is 107 Å². The smallest absolute Gasteiger partial charge is 0.320 e. The van der Waals surface area contributed by atoms with Gasteiger partial charge in [-0.25, -0.2) is 0 Å². The number of aliphatic carboxylic acids is 1. The third-order valence-corrected chi connectivity index (χ3v) is 3.10. The molecule has 1 aromatic rings. The summed E-state index contributed by atoms with van der Waals surface area (Å²) in [5, 5.41) is 12.2. The highest BCUT2D eigenvalue weighted by Gasteiger charge is 2.35. The molecule has 1 atom stereocenters. The zero-order valence-electron chi connectivity index (χ0n) is 10.6. The van der Waals surface area contributed by atoms with E-state index in [9.17, 15) is 4.79 Å². The maximum absolute atomic E-state index is 11.1. The normalized spacial score (nSPS) is 16.3. The predicted molar refractivity (Wildman–Crippen MR) is 68.6 cm³/mol. The summed E-state index contributed by atoms with van der Waals surface area (Å²) in [6.45, 7) is 3.14. The van der Waals surface area contributed by atoms with Crippen molar-refractivity contribution in [3.05, 3.63) is 29.8 Å². The number of hydrogen-bond acceptors (Lipinski definition) is 3. The second kappa shape index (κ2) is 5.87. The van der Waals surface area contributed by atoms with E-state index in [4.69, 9.17) is 9.84 Å². The molecule has 1 saturated carbocycles. The van der Waals surface area contributed by atoms with Crippen molar-refractivity contribution >= 4 is 5.97 Å².